The summed E-state index contributed by atoms with van der Waals surface area (Å²) in [6.07, 6.45) is 18.8. The number of aliphatic hydroxyl groups is 1. The van der Waals surface area contributed by atoms with Gasteiger partial charge in [0.2, 0.25) is 0 Å². The number of aliphatic hydroxyl groups excluding tert-OH is 1. The summed E-state index contributed by atoms with van der Waals surface area (Å²) >= 11 is 0. The van der Waals surface area contributed by atoms with E-state index in [1.165, 1.54) is 64.2 Å². The van der Waals surface area contributed by atoms with Gasteiger partial charge in [0.05, 0.1) is 0 Å². The zero-order valence-corrected chi connectivity index (χ0v) is 11.1. The molecule has 0 fully saturated rings. The molecule has 0 amide bonds. The Morgan fingerprint density at radius 1 is 0.688 bits per heavy atom. The molecular formula is C15H30O. The van der Waals surface area contributed by atoms with Gasteiger partial charge in [0, 0.05) is 6.61 Å². The van der Waals surface area contributed by atoms with Crippen LogP contribution >= 0.6 is 0 Å². The Hall–Kier alpha value is -0.300. The molecule has 0 aromatic carbocycles. The number of unbranched alkanes of at least 4 members (excludes halogenated alkanes) is 9. The Kier molecular flexibility index (Phi) is 14.4. The van der Waals surface area contributed by atoms with E-state index in [9.17, 15) is 0 Å². The van der Waals surface area contributed by atoms with E-state index in [0.717, 1.165) is 6.42 Å². The van der Waals surface area contributed by atoms with Crippen LogP contribution in [0.5, 0.6) is 0 Å². The van der Waals surface area contributed by atoms with E-state index in [4.69, 9.17) is 5.11 Å². The molecule has 0 aromatic heterocycles. The van der Waals surface area contributed by atoms with Crippen molar-refractivity contribution in [3.8, 4) is 0 Å². The average Bonchev–Trinajstić information content (AvgIpc) is 2.31. The first-order valence-corrected chi connectivity index (χ1v) is 7.17. The molecule has 0 spiro atoms. The molecule has 0 aliphatic rings. The van der Waals surface area contributed by atoms with Crippen LogP contribution in [0.15, 0.2) is 12.2 Å². The Balaban J connectivity index is 2.98. The summed E-state index contributed by atoms with van der Waals surface area (Å²) in [6, 6.07) is 0. The Morgan fingerprint density at radius 2 is 1.19 bits per heavy atom. The Bertz CT molecular complexity index is 140. The highest BCUT2D eigenvalue weighted by Crippen LogP contribution is 2.07. The van der Waals surface area contributed by atoms with Crippen LogP contribution < -0.4 is 0 Å². The molecule has 96 valence electrons. The van der Waals surface area contributed by atoms with Gasteiger partial charge in [-0.15, -0.1) is 0 Å². The highest BCUT2D eigenvalue weighted by Gasteiger charge is 1.88. The number of hydrogen-bond donors (Lipinski definition) is 1. The Labute approximate surface area is 102 Å². The van der Waals surface area contributed by atoms with Gasteiger partial charge < -0.3 is 5.11 Å². The fourth-order valence-corrected chi connectivity index (χ4v) is 1.83. The zero-order valence-electron chi connectivity index (χ0n) is 11.1. The van der Waals surface area contributed by atoms with Gasteiger partial charge in [-0.2, -0.15) is 0 Å². The van der Waals surface area contributed by atoms with Gasteiger partial charge >= 0.3 is 0 Å². The molecule has 0 atom stereocenters. The highest BCUT2D eigenvalue weighted by molar-refractivity contribution is 4.81. The quantitative estimate of drug-likeness (QED) is 0.373. The first kappa shape index (κ1) is 15.7. The van der Waals surface area contributed by atoms with Crippen LogP contribution in [-0.4, -0.2) is 11.7 Å². The maximum atomic E-state index is 8.62. The van der Waals surface area contributed by atoms with E-state index in [1.54, 1.807) is 0 Å². The minimum absolute atomic E-state index is 0.359. The average molecular weight is 226 g/mol. The number of hydrogen-bond acceptors (Lipinski definition) is 1. The molecule has 0 aliphatic heterocycles. The van der Waals surface area contributed by atoms with Crippen LogP contribution in [0.4, 0.5) is 0 Å². The monoisotopic (exact) mass is 226 g/mol. The van der Waals surface area contributed by atoms with Crippen molar-refractivity contribution in [2.45, 2.75) is 77.6 Å². The van der Waals surface area contributed by atoms with E-state index < -0.39 is 0 Å². The summed E-state index contributed by atoms with van der Waals surface area (Å²) in [5.41, 5.74) is 0. The molecule has 0 aliphatic carbocycles. The molecule has 0 saturated carbocycles. The number of allylic oxidation sites excluding steroid dienone is 2. The predicted molar refractivity (Wildman–Crippen MR) is 72.7 cm³/mol. The van der Waals surface area contributed by atoms with Crippen LogP contribution in [0.3, 0.4) is 0 Å². The molecule has 0 saturated heterocycles. The summed E-state index contributed by atoms with van der Waals surface area (Å²) in [6.45, 7) is 2.62. The van der Waals surface area contributed by atoms with Crippen LogP contribution in [-0.2, 0) is 0 Å². The maximum Gasteiger partial charge on any atom is 0.0431 e. The minimum Gasteiger partial charge on any atom is -0.396 e. The van der Waals surface area contributed by atoms with Gasteiger partial charge in [0.1, 0.15) is 0 Å². The first-order valence-electron chi connectivity index (χ1n) is 7.17. The second kappa shape index (κ2) is 14.7. The van der Waals surface area contributed by atoms with Crippen LogP contribution in [0.1, 0.15) is 77.6 Å². The summed E-state index contributed by atoms with van der Waals surface area (Å²) < 4.78 is 0. The minimum atomic E-state index is 0.359. The second-order valence-corrected chi connectivity index (χ2v) is 4.60. The molecule has 0 rings (SSSR count). The van der Waals surface area contributed by atoms with Crippen molar-refractivity contribution >= 4 is 0 Å². The van der Waals surface area contributed by atoms with Crippen molar-refractivity contribution in [3.63, 3.8) is 0 Å². The third kappa shape index (κ3) is 13.7. The van der Waals surface area contributed by atoms with Crippen LogP contribution in [0.2, 0.25) is 0 Å². The SMILES string of the molecule is CCCCCC/C=C/CCCCCCCO. The lowest BCUT2D eigenvalue weighted by molar-refractivity contribution is 0.282. The summed E-state index contributed by atoms with van der Waals surface area (Å²) in [4.78, 5) is 0. The first-order chi connectivity index (χ1) is 7.91. The lowest BCUT2D eigenvalue weighted by Crippen LogP contribution is -1.83. The van der Waals surface area contributed by atoms with E-state index >= 15 is 0 Å². The summed E-state index contributed by atoms with van der Waals surface area (Å²) in [5, 5.41) is 8.62. The topological polar surface area (TPSA) is 20.2 Å². The summed E-state index contributed by atoms with van der Waals surface area (Å²) in [7, 11) is 0. The van der Waals surface area contributed by atoms with Crippen molar-refractivity contribution in [1.82, 2.24) is 0 Å². The number of rotatable bonds is 12. The van der Waals surface area contributed by atoms with E-state index in [2.05, 4.69) is 19.1 Å². The molecule has 1 nitrogen and oxygen atoms in total. The Morgan fingerprint density at radius 3 is 1.75 bits per heavy atom. The largest absolute Gasteiger partial charge is 0.396 e. The fourth-order valence-electron chi connectivity index (χ4n) is 1.83. The zero-order chi connectivity index (χ0) is 11.9. The van der Waals surface area contributed by atoms with Gasteiger partial charge in [-0.1, -0.05) is 57.6 Å². The molecule has 0 radical (unpaired) electrons. The van der Waals surface area contributed by atoms with E-state index in [1.807, 2.05) is 0 Å². The van der Waals surface area contributed by atoms with Crippen molar-refractivity contribution in [3.05, 3.63) is 12.2 Å². The van der Waals surface area contributed by atoms with Crippen molar-refractivity contribution in [2.75, 3.05) is 6.61 Å². The van der Waals surface area contributed by atoms with Crippen molar-refractivity contribution in [2.24, 2.45) is 0 Å². The predicted octanol–water partition coefficient (Wildman–Crippen LogP) is 4.85. The smallest absolute Gasteiger partial charge is 0.0431 e. The molecular weight excluding hydrogens is 196 g/mol. The van der Waals surface area contributed by atoms with Gasteiger partial charge in [-0.25, -0.2) is 0 Å². The lowest BCUT2D eigenvalue weighted by atomic mass is 10.1. The van der Waals surface area contributed by atoms with Crippen molar-refractivity contribution in [1.29, 1.82) is 0 Å². The van der Waals surface area contributed by atoms with Crippen LogP contribution in [0, 0.1) is 0 Å². The molecule has 0 heterocycles. The maximum absolute atomic E-state index is 8.62. The molecule has 16 heavy (non-hydrogen) atoms. The molecule has 0 bridgehead atoms. The third-order valence-corrected chi connectivity index (χ3v) is 2.92. The van der Waals surface area contributed by atoms with Gasteiger partial charge in [0.15, 0.2) is 0 Å². The highest BCUT2D eigenvalue weighted by atomic mass is 16.2. The summed E-state index contributed by atoms with van der Waals surface area (Å²) in [5.74, 6) is 0. The van der Waals surface area contributed by atoms with Crippen LogP contribution in [0.25, 0.3) is 0 Å². The van der Waals surface area contributed by atoms with Crippen molar-refractivity contribution < 1.29 is 5.11 Å². The van der Waals surface area contributed by atoms with Gasteiger partial charge in [0.25, 0.3) is 0 Å². The second-order valence-electron chi connectivity index (χ2n) is 4.60. The molecule has 1 N–H and O–H groups in total. The van der Waals surface area contributed by atoms with Gasteiger partial charge in [-0.05, 0) is 32.1 Å². The van der Waals surface area contributed by atoms with E-state index in [-0.39, 0.29) is 0 Å². The third-order valence-electron chi connectivity index (χ3n) is 2.92. The molecule has 0 aromatic rings. The lowest BCUT2D eigenvalue weighted by Gasteiger charge is -1.97. The molecule has 1 heteroatoms. The van der Waals surface area contributed by atoms with E-state index in [0.29, 0.717) is 6.61 Å². The normalized spacial score (nSPS) is 11.4. The standard InChI is InChI=1S/C15H30O/c1-2-3-4-5-6-7-8-9-10-11-12-13-14-15-16/h7-8,16H,2-6,9-15H2,1H3/b8-7+. The van der Waals surface area contributed by atoms with Gasteiger partial charge in [-0.3, -0.25) is 0 Å². The molecule has 0 unspecified atom stereocenters. The fraction of sp³-hybridized carbons (Fsp3) is 0.867.